The summed E-state index contributed by atoms with van der Waals surface area (Å²) in [7, 11) is 0. The summed E-state index contributed by atoms with van der Waals surface area (Å²) in [6.07, 6.45) is 1.68. The van der Waals surface area contributed by atoms with Crippen LogP contribution in [0.15, 0.2) is 48.7 Å². The molecular weight excluding hydrogens is 294 g/mol. The van der Waals surface area contributed by atoms with E-state index in [1.165, 1.54) is 0 Å². The molecule has 2 aromatic rings. The molecule has 1 amide bonds. The quantitative estimate of drug-likeness (QED) is 0.910. The van der Waals surface area contributed by atoms with Crippen LogP contribution in [0.1, 0.15) is 0 Å². The van der Waals surface area contributed by atoms with Gasteiger partial charge in [-0.15, -0.1) is 0 Å². The Bertz CT molecular complexity index is 625. The third-order valence-corrected chi connectivity index (χ3v) is 3.52. The third kappa shape index (κ3) is 4.43. The van der Waals surface area contributed by atoms with Crippen molar-refractivity contribution >= 4 is 5.91 Å². The Morgan fingerprint density at radius 1 is 1.09 bits per heavy atom. The normalized spacial score (nSPS) is 14.3. The molecule has 1 aliphatic rings. The minimum Gasteiger partial charge on any atom is -0.484 e. The minimum atomic E-state index is 0.0142. The van der Waals surface area contributed by atoms with Crippen LogP contribution in [0.5, 0.6) is 17.4 Å². The molecule has 0 aliphatic carbocycles. The Labute approximate surface area is 135 Å². The zero-order valence-electron chi connectivity index (χ0n) is 12.8. The van der Waals surface area contributed by atoms with Gasteiger partial charge in [0.15, 0.2) is 6.61 Å². The van der Waals surface area contributed by atoms with E-state index in [9.17, 15) is 4.79 Å². The number of carbonyl (C=O) groups excluding carboxylic acids is 1. The molecule has 2 heterocycles. The number of carbonyl (C=O) groups is 1. The van der Waals surface area contributed by atoms with Gasteiger partial charge in [0.1, 0.15) is 11.5 Å². The van der Waals surface area contributed by atoms with E-state index in [1.807, 2.05) is 17.0 Å². The Balaban J connectivity index is 1.50. The van der Waals surface area contributed by atoms with Crippen molar-refractivity contribution < 1.29 is 14.3 Å². The van der Waals surface area contributed by atoms with Crippen molar-refractivity contribution in [2.75, 3.05) is 32.8 Å². The molecule has 1 N–H and O–H groups in total. The molecule has 0 spiro atoms. The monoisotopic (exact) mass is 313 g/mol. The number of aromatic nitrogens is 1. The van der Waals surface area contributed by atoms with Crippen molar-refractivity contribution in [2.24, 2.45) is 0 Å². The van der Waals surface area contributed by atoms with E-state index in [4.69, 9.17) is 9.47 Å². The van der Waals surface area contributed by atoms with Crippen LogP contribution in [0.4, 0.5) is 0 Å². The van der Waals surface area contributed by atoms with Gasteiger partial charge in [-0.25, -0.2) is 4.98 Å². The highest BCUT2D eigenvalue weighted by molar-refractivity contribution is 5.77. The molecule has 0 radical (unpaired) electrons. The number of piperazine rings is 1. The standard InChI is InChI=1S/C17H19N3O3/c21-17(20-11-9-18-10-12-20)13-22-14-4-6-15(7-5-14)23-16-3-1-2-8-19-16/h1-8,18H,9-13H2. The number of rotatable bonds is 5. The molecular formula is C17H19N3O3. The number of hydrogen-bond acceptors (Lipinski definition) is 5. The molecule has 1 saturated heterocycles. The first kappa shape index (κ1) is 15.3. The molecule has 6 heteroatoms. The number of nitrogens with zero attached hydrogens (tertiary/aromatic N) is 2. The molecule has 3 rings (SSSR count). The van der Waals surface area contributed by atoms with Crippen molar-refractivity contribution in [3.8, 4) is 17.4 Å². The van der Waals surface area contributed by atoms with E-state index in [1.54, 1.807) is 36.5 Å². The largest absolute Gasteiger partial charge is 0.484 e. The number of pyridine rings is 1. The summed E-state index contributed by atoms with van der Waals surface area (Å²) in [6.45, 7) is 3.20. The molecule has 23 heavy (non-hydrogen) atoms. The summed E-state index contributed by atoms with van der Waals surface area (Å²) in [5, 5.41) is 3.22. The third-order valence-electron chi connectivity index (χ3n) is 3.52. The fourth-order valence-electron chi connectivity index (χ4n) is 2.28. The highest BCUT2D eigenvalue weighted by atomic mass is 16.5. The number of hydrogen-bond donors (Lipinski definition) is 1. The lowest BCUT2D eigenvalue weighted by atomic mass is 10.3. The van der Waals surface area contributed by atoms with Gasteiger partial charge in [-0.2, -0.15) is 0 Å². The van der Waals surface area contributed by atoms with Gasteiger partial charge in [-0.05, 0) is 30.3 Å². The number of benzene rings is 1. The Morgan fingerprint density at radius 2 is 1.83 bits per heavy atom. The lowest BCUT2D eigenvalue weighted by molar-refractivity contribution is -0.133. The summed E-state index contributed by atoms with van der Waals surface area (Å²) in [4.78, 5) is 17.9. The van der Waals surface area contributed by atoms with Crippen LogP contribution in [0.3, 0.4) is 0 Å². The van der Waals surface area contributed by atoms with Crippen molar-refractivity contribution in [3.05, 3.63) is 48.7 Å². The van der Waals surface area contributed by atoms with E-state index in [0.717, 1.165) is 26.2 Å². The maximum absolute atomic E-state index is 12.0. The van der Waals surface area contributed by atoms with E-state index in [2.05, 4.69) is 10.3 Å². The van der Waals surface area contributed by atoms with Gasteiger partial charge in [0, 0.05) is 38.4 Å². The maximum atomic E-state index is 12.0. The first-order valence-electron chi connectivity index (χ1n) is 7.61. The van der Waals surface area contributed by atoms with Crippen molar-refractivity contribution in [3.63, 3.8) is 0 Å². The molecule has 1 fully saturated rings. The molecule has 0 atom stereocenters. The zero-order valence-corrected chi connectivity index (χ0v) is 12.8. The predicted octanol–water partition coefficient (Wildman–Crippen LogP) is 1.68. The van der Waals surface area contributed by atoms with Gasteiger partial charge in [0.25, 0.3) is 5.91 Å². The lowest BCUT2D eigenvalue weighted by Gasteiger charge is -2.27. The predicted molar refractivity (Wildman–Crippen MR) is 85.7 cm³/mol. The van der Waals surface area contributed by atoms with Crippen molar-refractivity contribution in [1.29, 1.82) is 0 Å². The van der Waals surface area contributed by atoms with Crippen LogP contribution in [0.2, 0.25) is 0 Å². The average Bonchev–Trinajstić information content (AvgIpc) is 2.62. The second-order valence-electron chi connectivity index (χ2n) is 5.16. The lowest BCUT2D eigenvalue weighted by Crippen LogP contribution is -2.47. The Hall–Kier alpha value is -2.60. The minimum absolute atomic E-state index is 0.0142. The van der Waals surface area contributed by atoms with Gasteiger partial charge >= 0.3 is 0 Å². The summed E-state index contributed by atoms with van der Waals surface area (Å²) >= 11 is 0. The first-order valence-corrected chi connectivity index (χ1v) is 7.61. The second kappa shape index (κ2) is 7.60. The van der Waals surface area contributed by atoms with Crippen molar-refractivity contribution in [1.82, 2.24) is 15.2 Å². The fourth-order valence-corrected chi connectivity index (χ4v) is 2.28. The van der Waals surface area contributed by atoms with E-state index >= 15 is 0 Å². The van der Waals surface area contributed by atoms with Gasteiger partial charge < -0.3 is 19.7 Å². The number of ether oxygens (including phenoxy) is 2. The molecule has 0 bridgehead atoms. The Morgan fingerprint density at radius 3 is 2.52 bits per heavy atom. The summed E-state index contributed by atoms with van der Waals surface area (Å²) in [6, 6.07) is 12.6. The number of nitrogens with one attached hydrogen (secondary N) is 1. The summed E-state index contributed by atoms with van der Waals surface area (Å²) < 4.78 is 11.1. The molecule has 1 aliphatic heterocycles. The van der Waals surface area contributed by atoms with Gasteiger partial charge in [-0.1, -0.05) is 6.07 Å². The van der Waals surface area contributed by atoms with E-state index in [-0.39, 0.29) is 12.5 Å². The zero-order chi connectivity index (χ0) is 15.9. The molecule has 120 valence electrons. The highest BCUT2D eigenvalue weighted by Gasteiger charge is 2.16. The van der Waals surface area contributed by atoms with Crippen LogP contribution in [-0.4, -0.2) is 48.6 Å². The number of amides is 1. The van der Waals surface area contributed by atoms with Crippen LogP contribution in [-0.2, 0) is 4.79 Å². The summed E-state index contributed by atoms with van der Waals surface area (Å²) in [5.74, 6) is 1.86. The Kier molecular flexibility index (Phi) is 5.06. The highest BCUT2D eigenvalue weighted by Crippen LogP contribution is 2.22. The topological polar surface area (TPSA) is 63.7 Å². The summed E-state index contributed by atoms with van der Waals surface area (Å²) in [5.41, 5.74) is 0. The van der Waals surface area contributed by atoms with Crippen LogP contribution < -0.4 is 14.8 Å². The average molecular weight is 313 g/mol. The van der Waals surface area contributed by atoms with Crippen LogP contribution in [0.25, 0.3) is 0 Å². The second-order valence-corrected chi connectivity index (χ2v) is 5.16. The van der Waals surface area contributed by atoms with E-state index in [0.29, 0.717) is 17.4 Å². The molecule has 1 aromatic carbocycles. The van der Waals surface area contributed by atoms with Gasteiger partial charge in [0.05, 0.1) is 0 Å². The smallest absolute Gasteiger partial charge is 0.260 e. The molecule has 0 unspecified atom stereocenters. The van der Waals surface area contributed by atoms with Gasteiger partial charge in [-0.3, -0.25) is 4.79 Å². The fraction of sp³-hybridized carbons (Fsp3) is 0.294. The molecule has 0 saturated carbocycles. The van der Waals surface area contributed by atoms with Crippen LogP contribution >= 0.6 is 0 Å². The van der Waals surface area contributed by atoms with Gasteiger partial charge in [0.2, 0.25) is 5.88 Å². The van der Waals surface area contributed by atoms with Crippen molar-refractivity contribution in [2.45, 2.75) is 0 Å². The first-order chi connectivity index (χ1) is 11.3. The SMILES string of the molecule is O=C(COc1ccc(Oc2ccccn2)cc1)N1CCNCC1. The molecule has 1 aromatic heterocycles. The van der Waals surface area contributed by atoms with E-state index < -0.39 is 0 Å². The van der Waals surface area contributed by atoms with Crippen LogP contribution in [0, 0.1) is 0 Å². The maximum Gasteiger partial charge on any atom is 0.260 e. The molecule has 6 nitrogen and oxygen atoms in total.